The highest BCUT2D eigenvalue weighted by atomic mass is 17.1. The monoisotopic (exact) mass is 326 g/mol. The number of hydrogen-bond donors (Lipinski definition) is 1. The summed E-state index contributed by atoms with van der Waals surface area (Å²) in [5.74, 6) is -0.520. The van der Waals surface area contributed by atoms with E-state index in [1.807, 2.05) is 0 Å². The van der Waals surface area contributed by atoms with Gasteiger partial charge in [0.15, 0.2) is 0 Å². The fraction of sp³-hybridized carbons (Fsp3) is 0.850. The minimum Gasteiger partial charge on any atom is -0.301 e. The van der Waals surface area contributed by atoms with E-state index in [4.69, 9.17) is 5.26 Å². The van der Waals surface area contributed by atoms with Gasteiger partial charge in [0, 0.05) is 6.42 Å². The lowest BCUT2D eigenvalue weighted by molar-refractivity contribution is -0.234. The summed E-state index contributed by atoms with van der Waals surface area (Å²) in [6.45, 7) is 2.27. The Hall–Kier alpha value is -0.830. The normalized spacial score (nSPS) is 11.2. The number of rotatable bonds is 17. The van der Waals surface area contributed by atoms with Crippen LogP contribution in [0.4, 0.5) is 0 Å². The first-order chi connectivity index (χ1) is 11.3. The maximum absolute atomic E-state index is 10.7. The van der Waals surface area contributed by atoms with Gasteiger partial charge in [-0.15, -0.1) is 0 Å². The zero-order chi connectivity index (χ0) is 17.0. The minimum absolute atomic E-state index is 0.328. The molecule has 136 valence electrons. The second-order valence-electron chi connectivity index (χ2n) is 6.50. The van der Waals surface area contributed by atoms with Gasteiger partial charge in [0.1, 0.15) is 0 Å². The molecule has 0 bridgehead atoms. The van der Waals surface area contributed by atoms with Gasteiger partial charge in [-0.25, -0.2) is 4.79 Å². The summed E-state index contributed by atoms with van der Waals surface area (Å²) in [5.41, 5.74) is 0. The minimum atomic E-state index is -0.520. The molecule has 0 amide bonds. The molecule has 0 radical (unpaired) electrons. The van der Waals surface area contributed by atoms with Gasteiger partial charge < -0.3 is 4.89 Å². The number of carbonyl (C=O) groups excluding carboxylic acids is 1. The molecule has 0 aliphatic rings. The molecule has 0 heterocycles. The molecule has 0 aliphatic carbocycles. The van der Waals surface area contributed by atoms with E-state index in [2.05, 4.69) is 24.0 Å². The summed E-state index contributed by atoms with van der Waals surface area (Å²) in [4.78, 5) is 14.3. The van der Waals surface area contributed by atoms with Crippen LogP contribution in [-0.2, 0) is 9.68 Å². The van der Waals surface area contributed by atoms with Crippen LogP contribution in [0.25, 0.3) is 0 Å². The van der Waals surface area contributed by atoms with Gasteiger partial charge in [-0.3, -0.25) is 0 Å². The summed E-state index contributed by atoms with van der Waals surface area (Å²) in [5, 5.41) is 8.11. The van der Waals surface area contributed by atoms with Gasteiger partial charge in [0.2, 0.25) is 0 Å². The Balaban J connectivity index is 3.10. The van der Waals surface area contributed by atoms with Crippen molar-refractivity contribution < 1.29 is 14.9 Å². The second kappa shape index (κ2) is 19.2. The van der Waals surface area contributed by atoms with Crippen LogP contribution in [0.1, 0.15) is 110 Å². The predicted octanol–water partition coefficient (Wildman–Crippen LogP) is 6.82. The largest absolute Gasteiger partial charge is 0.342 e. The zero-order valence-electron chi connectivity index (χ0n) is 15.2. The van der Waals surface area contributed by atoms with Crippen LogP contribution < -0.4 is 0 Å². The third-order valence-electron chi connectivity index (χ3n) is 4.24. The summed E-state index contributed by atoms with van der Waals surface area (Å²) in [6.07, 6.45) is 24.0. The van der Waals surface area contributed by atoms with Crippen molar-refractivity contribution in [2.75, 3.05) is 0 Å². The lowest BCUT2D eigenvalue weighted by Gasteiger charge is -2.00. The maximum Gasteiger partial charge on any atom is 0.342 e. The highest BCUT2D eigenvalue weighted by molar-refractivity contribution is 5.68. The molecule has 0 aliphatic heterocycles. The van der Waals surface area contributed by atoms with E-state index >= 15 is 0 Å². The van der Waals surface area contributed by atoms with Crippen molar-refractivity contribution in [1.82, 2.24) is 0 Å². The van der Waals surface area contributed by atoms with E-state index < -0.39 is 5.97 Å². The third-order valence-corrected chi connectivity index (χ3v) is 4.24. The predicted molar refractivity (Wildman–Crippen MR) is 97.4 cm³/mol. The van der Waals surface area contributed by atoms with Gasteiger partial charge >= 0.3 is 5.97 Å². The van der Waals surface area contributed by atoms with Crippen molar-refractivity contribution in [1.29, 1.82) is 0 Å². The van der Waals surface area contributed by atoms with Crippen molar-refractivity contribution in [3.63, 3.8) is 0 Å². The number of allylic oxidation sites excluding steroid dienone is 2. The molecule has 0 aromatic carbocycles. The fourth-order valence-electron chi connectivity index (χ4n) is 2.74. The Morgan fingerprint density at radius 1 is 0.739 bits per heavy atom. The maximum atomic E-state index is 10.7. The quantitative estimate of drug-likeness (QED) is 0.138. The van der Waals surface area contributed by atoms with Crippen LogP contribution in [-0.4, -0.2) is 11.2 Å². The smallest absolute Gasteiger partial charge is 0.301 e. The summed E-state index contributed by atoms with van der Waals surface area (Å²) in [7, 11) is 0. The van der Waals surface area contributed by atoms with Crippen molar-refractivity contribution in [2.24, 2.45) is 0 Å². The Kier molecular flexibility index (Phi) is 18.5. The van der Waals surface area contributed by atoms with Crippen LogP contribution >= 0.6 is 0 Å². The third kappa shape index (κ3) is 19.1. The van der Waals surface area contributed by atoms with E-state index in [0.29, 0.717) is 6.42 Å². The van der Waals surface area contributed by atoms with E-state index in [0.717, 1.165) is 19.3 Å². The average molecular weight is 327 g/mol. The van der Waals surface area contributed by atoms with E-state index in [-0.39, 0.29) is 0 Å². The van der Waals surface area contributed by atoms with Crippen LogP contribution in [0.3, 0.4) is 0 Å². The van der Waals surface area contributed by atoms with E-state index in [1.165, 1.54) is 77.0 Å². The molecule has 1 N–H and O–H groups in total. The van der Waals surface area contributed by atoms with Gasteiger partial charge in [-0.05, 0) is 32.1 Å². The lowest BCUT2D eigenvalue weighted by atomic mass is 10.1. The van der Waals surface area contributed by atoms with Crippen LogP contribution in [0.15, 0.2) is 12.2 Å². The van der Waals surface area contributed by atoms with Gasteiger partial charge in [0.25, 0.3) is 0 Å². The molecule has 0 aromatic heterocycles. The molecular weight excluding hydrogens is 288 g/mol. The molecule has 3 nitrogen and oxygen atoms in total. The molecule has 0 spiro atoms. The lowest BCUT2D eigenvalue weighted by Crippen LogP contribution is -1.99. The average Bonchev–Trinajstić information content (AvgIpc) is 2.57. The Bertz CT molecular complexity index is 274. The first kappa shape index (κ1) is 22.2. The number of unbranched alkanes of at least 4 members (excludes halogenated alkanes) is 13. The Labute approximate surface area is 143 Å². The van der Waals surface area contributed by atoms with Crippen LogP contribution in [0.2, 0.25) is 0 Å². The highest BCUT2D eigenvalue weighted by Gasteiger charge is 2.00. The molecule has 0 fully saturated rings. The van der Waals surface area contributed by atoms with E-state index in [9.17, 15) is 4.79 Å². The number of hydrogen-bond acceptors (Lipinski definition) is 3. The Morgan fingerprint density at radius 3 is 1.65 bits per heavy atom. The topological polar surface area (TPSA) is 46.5 Å². The standard InChI is InChI=1S/C20H38O3/c1-2-3-4-5-6-7-8-9-10-11-12-13-14-15-16-17-18-19-20(21)23-22/h11-12,22H,2-10,13-19H2,1H3/b12-11-. The molecule has 0 unspecified atom stereocenters. The van der Waals surface area contributed by atoms with Gasteiger partial charge in [-0.2, -0.15) is 5.26 Å². The van der Waals surface area contributed by atoms with Crippen molar-refractivity contribution in [3.05, 3.63) is 12.2 Å². The molecule has 23 heavy (non-hydrogen) atoms. The molecule has 0 aromatic rings. The van der Waals surface area contributed by atoms with Crippen molar-refractivity contribution in [3.8, 4) is 0 Å². The van der Waals surface area contributed by atoms with Gasteiger partial charge in [0.05, 0.1) is 0 Å². The molecular formula is C20H38O3. The molecule has 0 rings (SSSR count). The molecule has 0 saturated heterocycles. The first-order valence-corrected chi connectivity index (χ1v) is 9.80. The Morgan fingerprint density at radius 2 is 1.17 bits per heavy atom. The second-order valence-corrected chi connectivity index (χ2v) is 6.50. The van der Waals surface area contributed by atoms with Gasteiger partial charge in [-0.1, -0.05) is 83.3 Å². The number of carbonyl (C=O) groups is 1. The highest BCUT2D eigenvalue weighted by Crippen LogP contribution is 2.11. The van der Waals surface area contributed by atoms with E-state index in [1.54, 1.807) is 0 Å². The summed E-state index contributed by atoms with van der Waals surface area (Å²) in [6, 6.07) is 0. The summed E-state index contributed by atoms with van der Waals surface area (Å²) >= 11 is 0. The molecule has 0 saturated carbocycles. The fourth-order valence-corrected chi connectivity index (χ4v) is 2.74. The first-order valence-electron chi connectivity index (χ1n) is 9.80. The molecule has 3 heteroatoms. The van der Waals surface area contributed by atoms with Crippen molar-refractivity contribution >= 4 is 5.97 Å². The van der Waals surface area contributed by atoms with Crippen LogP contribution in [0, 0.1) is 0 Å². The van der Waals surface area contributed by atoms with Crippen molar-refractivity contribution in [2.45, 2.75) is 110 Å². The zero-order valence-corrected chi connectivity index (χ0v) is 15.2. The summed E-state index contributed by atoms with van der Waals surface area (Å²) < 4.78 is 0. The van der Waals surface area contributed by atoms with Crippen LogP contribution in [0.5, 0.6) is 0 Å². The molecule has 0 atom stereocenters. The SMILES string of the molecule is CCCCCCCCCC/C=C\CCCCCCCC(=O)OO.